The van der Waals surface area contributed by atoms with E-state index in [4.69, 9.17) is 0 Å². The van der Waals surface area contributed by atoms with Gasteiger partial charge in [-0.1, -0.05) is 36.4 Å². The Kier molecular flexibility index (Phi) is 6.75. The first-order valence-corrected chi connectivity index (χ1v) is 11.6. The Bertz CT molecular complexity index is 1070. The Morgan fingerprint density at radius 1 is 1.22 bits per heavy atom. The van der Waals surface area contributed by atoms with Gasteiger partial charge in [-0.05, 0) is 41.8 Å². The molecular formula is C25H26N4O2S. The van der Waals surface area contributed by atoms with E-state index in [1.807, 2.05) is 6.07 Å². The van der Waals surface area contributed by atoms with Crippen LogP contribution in [-0.4, -0.2) is 46.3 Å². The molecule has 0 bridgehead atoms. The van der Waals surface area contributed by atoms with Gasteiger partial charge < -0.3 is 10.2 Å². The normalized spacial score (nSPS) is 18.2. The van der Waals surface area contributed by atoms with Gasteiger partial charge in [-0.3, -0.25) is 14.6 Å². The summed E-state index contributed by atoms with van der Waals surface area (Å²) in [5.74, 6) is -0.233. The lowest BCUT2D eigenvalue weighted by Crippen LogP contribution is -2.54. The largest absolute Gasteiger partial charge is 0.352 e. The van der Waals surface area contributed by atoms with Gasteiger partial charge in [-0.2, -0.15) is 0 Å². The van der Waals surface area contributed by atoms with Crippen LogP contribution < -0.4 is 5.32 Å². The van der Waals surface area contributed by atoms with Crippen molar-refractivity contribution in [1.29, 1.82) is 0 Å². The molecule has 4 rings (SSSR count). The first-order chi connectivity index (χ1) is 15.6. The summed E-state index contributed by atoms with van der Waals surface area (Å²) >= 11 is 1.70. The summed E-state index contributed by atoms with van der Waals surface area (Å²) in [7, 11) is 0. The van der Waals surface area contributed by atoms with E-state index in [9.17, 15) is 9.59 Å². The topological polar surface area (TPSA) is 75.2 Å². The van der Waals surface area contributed by atoms with Crippen LogP contribution in [0.1, 0.15) is 28.9 Å². The highest BCUT2D eigenvalue weighted by Gasteiger charge is 2.43. The SMILES string of the molecule is C=CCNC(=O)C1(Cc2ccc(-c3cccs3)cc2)CCCN(C(=O)c2cnccn2)C1. The van der Waals surface area contributed by atoms with Crippen molar-refractivity contribution in [2.75, 3.05) is 19.6 Å². The zero-order valence-corrected chi connectivity index (χ0v) is 18.7. The molecule has 0 saturated carbocycles. The molecule has 1 aliphatic heterocycles. The van der Waals surface area contributed by atoms with Crippen molar-refractivity contribution in [3.05, 3.63) is 84.3 Å². The molecule has 1 fully saturated rings. The number of thiophene rings is 1. The second-order valence-corrected chi connectivity index (χ2v) is 9.00. The molecule has 6 nitrogen and oxygen atoms in total. The second-order valence-electron chi connectivity index (χ2n) is 8.05. The molecule has 3 heterocycles. The van der Waals surface area contributed by atoms with E-state index < -0.39 is 5.41 Å². The summed E-state index contributed by atoms with van der Waals surface area (Å²) in [6, 6.07) is 12.5. The summed E-state index contributed by atoms with van der Waals surface area (Å²) in [6.07, 6.45) is 8.22. The summed E-state index contributed by atoms with van der Waals surface area (Å²) in [4.78, 5) is 37.5. The van der Waals surface area contributed by atoms with Crippen molar-refractivity contribution in [1.82, 2.24) is 20.2 Å². The maximum Gasteiger partial charge on any atom is 0.274 e. The average Bonchev–Trinajstić information content (AvgIpc) is 3.38. The van der Waals surface area contributed by atoms with Crippen molar-refractivity contribution in [2.24, 2.45) is 5.41 Å². The first kappa shape index (κ1) is 21.9. The summed E-state index contributed by atoms with van der Waals surface area (Å²) in [5.41, 5.74) is 1.84. The number of amides is 2. The minimum Gasteiger partial charge on any atom is -0.352 e. The van der Waals surface area contributed by atoms with Crippen molar-refractivity contribution in [3.8, 4) is 10.4 Å². The van der Waals surface area contributed by atoms with Crippen LogP contribution in [0.5, 0.6) is 0 Å². The predicted molar refractivity (Wildman–Crippen MR) is 126 cm³/mol. The van der Waals surface area contributed by atoms with Crippen LogP contribution >= 0.6 is 11.3 Å². The Morgan fingerprint density at radius 2 is 2.06 bits per heavy atom. The molecule has 164 valence electrons. The Morgan fingerprint density at radius 3 is 2.75 bits per heavy atom. The van der Waals surface area contributed by atoms with Crippen LogP contribution in [0.2, 0.25) is 0 Å². The molecule has 0 radical (unpaired) electrons. The molecule has 1 N–H and O–H groups in total. The number of hydrogen-bond donors (Lipinski definition) is 1. The van der Waals surface area contributed by atoms with E-state index in [-0.39, 0.29) is 11.8 Å². The van der Waals surface area contributed by atoms with Crippen LogP contribution in [0, 0.1) is 5.41 Å². The molecule has 32 heavy (non-hydrogen) atoms. The zero-order chi connectivity index (χ0) is 22.4. The van der Waals surface area contributed by atoms with Crippen molar-refractivity contribution in [2.45, 2.75) is 19.3 Å². The monoisotopic (exact) mass is 446 g/mol. The molecule has 3 aromatic rings. The Balaban J connectivity index is 1.58. The number of rotatable bonds is 7. The number of likely N-dealkylation sites (tertiary alicyclic amines) is 1. The third-order valence-electron chi connectivity index (χ3n) is 5.84. The van der Waals surface area contributed by atoms with E-state index in [0.717, 1.165) is 17.5 Å². The number of aromatic nitrogens is 2. The molecule has 1 aromatic carbocycles. The third kappa shape index (κ3) is 4.78. The summed E-state index contributed by atoms with van der Waals surface area (Å²) in [5, 5.41) is 5.04. The fourth-order valence-corrected chi connectivity index (χ4v) is 4.99. The highest BCUT2D eigenvalue weighted by molar-refractivity contribution is 7.13. The van der Waals surface area contributed by atoms with Gasteiger partial charge in [0.15, 0.2) is 0 Å². The zero-order valence-electron chi connectivity index (χ0n) is 17.9. The van der Waals surface area contributed by atoms with E-state index in [1.54, 1.807) is 28.5 Å². The lowest BCUT2D eigenvalue weighted by molar-refractivity contribution is -0.133. The maximum absolute atomic E-state index is 13.3. The lowest BCUT2D eigenvalue weighted by Gasteiger charge is -2.41. The smallest absolute Gasteiger partial charge is 0.274 e. The number of hydrogen-bond acceptors (Lipinski definition) is 5. The van der Waals surface area contributed by atoms with Gasteiger partial charge in [0, 0.05) is 36.9 Å². The quantitative estimate of drug-likeness (QED) is 0.557. The van der Waals surface area contributed by atoms with E-state index in [1.165, 1.54) is 17.3 Å². The third-order valence-corrected chi connectivity index (χ3v) is 6.76. The van der Waals surface area contributed by atoms with Crippen LogP contribution in [-0.2, 0) is 11.2 Å². The Hall–Kier alpha value is -3.32. The van der Waals surface area contributed by atoms with Gasteiger partial charge in [0.2, 0.25) is 5.91 Å². The molecule has 1 saturated heterocycles. The van der Waals surface area contributed by atoms with Gasteiger partial charge in [0.25, 0.3) is 5.91 Å². The van der Waals surface area contributed by atoms with Gasteiger partial charge in [-0.25, -0.2) is 4.98 Å². The number of piperidine rings is 1. The number of carbonyl (C=O) groups excluding carboxylic acids is 2. The molecule has 2 aromatic heterocycles. The molecule has 1 aliphatic rings. The maximum atomic E-state index is 13.3. The average molecular weight is 447 g/mol. The minimum absolute atomic E-state index is 0.0450. The van der Waals surface area contributed by atoms with Gasteiger partial charge in [0.05, 0.1) is 11.6 Å². The van der Waals surface area contributed by atoms with E-state index >= 15 is 0 Å². The highest BCUT2D eigenvalue weighted by Crippen LogP contribution is 2.35. The van der Waals surface area contributed by atoms with Gasteiger partial charge in [-0.15, -0.1) is 17.9 Å². The molecule has 1 unspecified atom stereocenters. The van der Waals surface area contributed by atoms with E-state index in [2.05, 4.69) is 57.6 Å². The molecule has 0 spiro atoms. The molecular weight excluding hydrogens is 420 g/mol. The number of carbonyl (C=O) groups is 2. The standard InChI is InChI=1S/C25H26N4O2S/c1-2-11-28-24(31)25(16-19-6-8-20(9-7-19)22-5-3-15-32-22)10-4-14-29(18-25)23(30)21-17-26-12-13-27-21/h2-3,5-9,12-13,15,17H,1,4,10-11,14,16,18H2,(H,28,31). The minimum atomic E-state index is -0.705. The van der Waals surface area contributed by atoms with Gasteiger partial charge in [0.1, 0.15) is 5.69 Å². The van der Waals surface area contributed by atoms with Crippen molar-refractivity contribution in [3.63, 3.8) is 0 Å². The van der Waals surface area contributed by atoms with E-state index in [0.29, 0.717) is 38.2 Å². The van der Waals surface area contributed by atoms with Crippen molar-refractivity contribution >= 4 is 23.2 Å². The molecule has 7 heteroatoms. The van der Waals surface area contributed by atoms with Crippen LogP contribution in [0.3, 0.4) is 0 Å². The summed E-state index contributed by atoms with van der Waals surface area (Å²) < 4.78 is 0. The van der Waals surface area contributed by atoms with Crippen LogP contribution in [0.25, 0.3) is 10.4 Å². The fourth-order valence-electron chi connectivity index (χ4n) is 4.26. The lowest BCUT2D eigenvalue weighted by atomic mass is 9.74. The highest BCUT2D eigenvalue weighted by atomic mass is 32.1. The van der Waals surface area contributed by atoms with Crippen LogP contribution in [0.4, 0.5) is 0 Å². The molecule has 1 atom stereocenters. The van der Waals surface area contributed by atoms with Crippen molar-refractivity contribution < 1.29 is 9.59 Å². The fraction of sp³-hybridized carbons (Fsp3) is 0.280. The number of nitrogens with one attached hydrogen (secondary N) is 1. The Labute approximate surface area is 192 Å². The second kappa shape index (κ2) is 9.87. The summed E-state index contributed by atoms with van der Waals surface area (Å²) in [6.45, 7) is 5.05. The van der Waals surface area contributed by atoms with Gasteiger partial charge >= 0.3 is 0 Å². The number of nitrogens with zero attached hydrogens (tertiary/aromatic N) is 3. The van der Waals surface area contributed by atoms with Crippen LogP contribution in [0.15, 0.2) is 73.0 Å². The molecule has 2 amide bonds. The predicted octanol–water partition coefficient (Wildman–Crippen LogP) is 3.97. The first-order valence-electron chi connectivity index (χ1n) is 10.7. The molecule has 0 aliphatic carbocycles. The number of benzene rings is 1.